The highest BCUT2D eigenvalue weighted by atomic mass is 35.5. The molecule has 0 aromatic heterocycles. The van der Waals surface area contributed by atoms with E-state index >= 15 is 0 Å². The van der Waals surface area contributed by atoms with Crippen LogP contribution in [-0.4, -0.2) is 48.4 Å². The Labute approximate surface area is 246 Å². The maximum atomic E-state index is 13.9. The van der Waals surface area contributed by atoms with Crippen molar-refractivity contribution in [1.82, 2.24) is 4.90 Å². The lowest BCUT2D eigenvalue weighted by atomic mass is 9.89. The van der Waals surface area contributed by atoms with Crippen LogP contribution in [0.4, 0.5) is 11.4 Å². The summed E-state index contributed by atoms with van der Waals surface area (Å²) in [5.41, 5.74) is 3.08. The predicted molar refractivity (Wildman–Crippen MR) is 162 cm³/mol. The zero-order valence-corrected chi connectivity index (χ0v) is 24.5. The van der Waals surface area contributed by atoms with Crippen molar-refractivity contribution < 1.29 is 19.1 Å². The number of rotatable bonds is 6. The molecule has 3 aromatic rings. The minimum absolute atomic E-state index is 0.0703. The molecule has 8 heteroatoms. The van der Waals surface area contributed by atoms with Gasteiger partial charge in [0.1, 0.15) is 5.75 Å². The van der Waals surface area contributed by atoms with E-state index in [0.717, 1.165) is 48.6 Å². The summed E-state index contributed by atoms with van der Waals surface area (Å²) in [5, 5.41) is 0.609. The number of likely N-dealkylation sites (tertiary alicyclic amines) is 1. The largest absolute Gasteiger partial charge is 0.493 e. The van der Waals surface area contributed by atoms with Gasteiger partial charge in [0.05, 0.1) is 12.6 Å². The average molecular weight is 574 g/mol. The highest BCUT2D eigenvalue weighted by Crippen LogP contribution is 2.43. The molecule has 3 aromatic carbocycles. The summed E-state index contributed by atoms with van der Waals surface area (Å²) in [6.45, 7) is 7.35. The predicted octanol–water partition coefficient (Wildman–Crippen LogP) is 6.51. The number of ether oxygens (including phenoxy) is 1. The lowest BCUT2D eigenvalue weighted by molar-refractivity contribution is -0.130. The molecule has 0 N–H and O–H groups in total. The van der Waals surface area contributed by atoms with Crippen molar-refractivity contribution in [2.24, 2.45) is 5.92 Å². The highest BCUT2D eigenvalue weighted by Gasteiger charge is 2.38. The first-order valence-corrected chi connectivity index (χ1v) is 14.6. The molecule has 2 unspecified atom stereocenters. The number of anilines is 2. The van der Waals surface area contributed by atoms with Gasteiger partial charge in [-0.25, -0.2) is 0 Å². The first-order chi connectivity index (χ1) is 19.7. The Morgan fingerprint density at radius 3 is 2.22 bits per heavy atom. The molecule has 1 saturated heterocycles. The standard InChI is InChI=1S/C33H36ClN3O4/c1-22-20-32(37(24(3)39)28-12-10-27(34)11-13-28)30-6-4-5-7-31(30)36(22)33(40)26-8-14-29(15-9-26)41-21-25-16-18-35(19-17-25)23(2)38/h4-15,22,25,32H,16-21H2,1-3H3. The molecule has 2 heterocycles. The van der Waals surface area contributed by atoms with Crippen molar-refractivity contribution in [3.63, 3.8) is 0 Å². The van der Waals surface area contributed by atoms with E-state index in [9.17, 15) is 14.4 Å². The van der Waals surface area contributed by atoms with E-state index in [1.54, 1.807) is 30.9 Å². The van der Waals surface area contributed by atoms with Gasteiger partial charge in [0.15, 0.2) is 0 Å². The fourth-order valence-electron chi connectivity index (χ4n) is 5.98. The molecule has 0 bridgehead atoms. The van der Waals surface area contributed by atoms with E-state index in [-0.39, 0.29) is 29.8 Å². The monoisotopic (exact) mass is 573 g/mol. The summed E-state index contributed by atoms with van der Waals surface area (Å²) >= 11 is 6.11. The number of amides is 3. The Morgan fingerprint density at radius 2 is 1.59 bits per heavy atom. The molecule has 0 radical (unpaired) electrons. The van der Waals surface area contributed by atoms with Crippen LogP contribution in [0.15, 0.2) is 72.8 Å². The average Bonchev–Trinajstić information content (AvgIpc) is 2.97. The Morgan fingerprint density at radius 1 is 0.927 bits per heavy atom. The Bertz CT molecular complexity index is 1400. The number of hydrogen-bond acceptors (Lipinski definition) is 4. The molecule has 2 atom stereocenters. The van der Waals surface area contributed by atoms with Gasteiger partial charge in [0.2, 0.25) is 11.8 Å². The summed E-state index contributed by atoms with van der Waals surface area (Å²) in [5.74, 6) is 1.10. The molecule has 2 aliphatic rings. The Hall–Kier alpha value is -3.84. The van der Waals surface area contributed by atoms with Crippen molar-refractivity contribution in [2.45, 2.75) is 52.1 Å². The topological polar surface area (TPSA) is 70.2 Å². The lowest BCUT2D eigenvalue weighted by Crippen LogP contribution is -2.47. The number of carbonyl (C=O) groups excluding carboxylic acids is 3. The maximum absolute atomic E-state index is 13.9. The normalized spacial score (nSPS) is 18.9. The van der Waals surface area contributed by atoms with Crippen LogP contribution >= 0.6 is 11.6 Å². The van der Waals surface area contributed by atoms with Gasteiger partial charge >= 0.3 is 0 Å². The van der Waals surface area contributed by atoms with Crippen molar-refractivity contribution in [2.75, 3.05) is 29.5 Å². The number of halogens is 1. The zero-order valence-electron chi connectivity index (χ0n) is 23.8. The second kappa shape index (κ2) is 12.4. The summed E-state index contributed by atoms with van der Waals surface area (Å²) in [6, 6.07) is 22.0. The van der Waals surface area contributed by atoms with Crippen molar-refractivity contribution >= 4 is 40.7 Å². The van der Waals surface area contributed by atoms with Gasteiger partial charge in [-0.2, -0.15) is 0 Å². The first kappa shape index (κ1) is 28.7. The second-order valence-electron chi connectivity index (χ2n) is 11.0. The zero-order chi connectivity index (χ0) is 29.1. The van der Waals surface area contributed by atoms with Crippen LogP contribution in [0, 0.1) is 5.92 Å². The van der Waals surface area contributed by atoms with Gasteiger partial charge in [-0.3, -0.25) is 14.4 Å². The van der Waals surface area contributed by atoms with Crippen LogP contribution in [0.2, 0.25) is 5.02 Å². The van der Waals surface area contributed by atoms with Gasteiger partial charge in [-0.05, 0) is 92.3 Å². The van der Waals surface area contributed by atoms with Crippen molar-refractivity contribution in [3.8, 4) is 5.75 Å². The van der Waals surface area contributed by atoms with Gasteiger partial charge in [0.25, 0.3) is 5.91 Å². The summed E-state index contributed by atoms with van der Waals surface area (Å²) in [7, 11) is 0. The van der Waals surface area contributed by atoms with Crippen molar-refractivity contribution in [1.29, 1.82) is 0 Å². The molecule has 7 nitrogen and oxygen atoms in total. The smallest absolute Gasteiger partial charge is 0.258 e. The molecule has 41 heavy (non-hydrogen) atoms. The molecular formula is C33H36ClN3O4. The SMILES string of the molecule is CC(=O)N1CCC(COc2ccc(C(=O)N3c4ccccc4C(N(C(C)=O)c4ccc(Cl)cc4)CC3C)cc2)CC1. The fourth-order valence-corrected chi connectivity index (χ4v) is 6.11. The molecule has 0 aliphatic carbocycles. The number of benzene rings is 3. The number of para-hydroxylation sites is 1. The second-order valence-corrected chi connectivity index (χ2v) is 11.4. The molecule has 1 fully saturated rings. The minimum atomic E-state index is -0.220. The van der Waals surface area contributed by atoms with E-state index in [2.05, 4.69) is 0 Å². The summed E-state index contributed by atoms with van der Waals surface area (Å²) in [6.07, 6.45) is 2.46. The molecule has 214 valence electrons. The molecular weight excluding hydrogens is 538 g/mol. The van der Waals surface area contributed by atoms with E-state index in [1.165, 1.54) is 0 Å². The fraction of sp³-hybridized carbons (Fsp3) is 0.364. The third-order valence-electron chi connectivity index (χ3n) is 8.18. The molecule has 3 amide bonds. The maximum Gasteiger partial charge on any atom is 0.258 e. The number of hydrogen-bond donors (Lipinski definition) is 0. The quantitative estimate of drug-likeness (QED) is 0.337. The third kappa shape index (κ3) is 6.25. The van der Waals surface area contributed by atoms with E-state index in [0.29, 0.717) is 29.5 Å². The number of carbonyl (C=O) groups is 3. The van der Waals surface area contributed by atoms with Crippen LogP contribution in [0.25, 0.3) is 0 Å². The van der Waals surface area contributed by atoms with Gasteiger partial charge < -0.3 is 19.4 Å². The molecule has 0 saturated carbocycles. The van der Waals surface area contributed by atoms with Crippen molar-refractivity contribution in [3.05, 3.63) is 88.9 Å². The van der Waals surface area contributed by atoms with E-state index < -0.39 is 0 Å². The van der Waals surface area contributed by atoms with Crippen LogP contribution in [0.5, 0.6) is 5.75 Å². The first-order valence-electron chi connectivity index (χ1n) is 14.2. The highest BCUT2D eigenvalue weighted by molar-refractivity contribution is 6.30. The van der Waals surface area contributed by atoms with Crippen LogP contribution in [0.1, 0.15) is 62.0 Å². The molecule has 0 spiro atoms. The Balaban J connectivity index is 1.31. The number of fused-ring (bicyclic) bond motifs is 1. The molecule has 5 rings (SSSR count). The van der Waals surface area contributed by atoms with E-state index in [1.807, 2.05) is 77.4 Å². The van der Waals surface area contributed by atoms with Gasteiger partial charge in [0, 0.05) is 54.9 Å². The van der Waals surface area contributed by atoms with Crippen LogP contribution in [0.3, 0.4) is 0 Å². The van der Waals surface area contributed by atoms with Gasteiger partial charge in [-0.15, -0.1) is 0 Å². The summed E-state index contributed by atoms with van der Waals surface area (Å²) in [4.78, 5) is 43.8. The van der Waals surface area contributed by atoms with Gasteiger partial charge in [-0.1, -0.05) is 29.8 Å². The number of piperidine rings is 1. The third-order valence-corrected chi connectivity index (χ3v) is 8.43. The van der Waals surface area contributed by atoms with Crippen LogP contribution < -0.4 is 14.5 Å². The van der Waals surface area contributed by atoms with Crippen LogP contribution in [-0.2, 0) is 9.59 Å². The summed E-state index contributed by atoms with van der Waals surface area (Å²) < 4.78 is 6.04. The Kier molecular flexibility index (Phi) is 8.64. The minimum Gasteiger partial charge on any atom is -0.493 e. The number of nitrogens with zero attached hydrogens (tertiary/aromatic N) is 3. The lowest BCUT2D eigenvalue weighted by Gasteiger charge is -2.43. The molecule has 2 aliphatic heterocycles. The van der Waals surface area contributed by atoms with E-state index in [4.69, 9.17) is 16.3 Å².